The standard InChI is InChI=1S/C29H19N3/c1-30-23-13-7-11-20-19-10-5-6-12-22(19)32-25-16-17-31(18-8-3-2-4-9-18)28(25)21-14-15-24(30)27(26(20)23)29(21)32/h2-17H,1H3. The van der Waals surface area contributed by atoms with E-state index >= 15 is 0 Å². The number of hydrogen-bond donors (Lipinski definition) is 0. The highest BCUT2D eigenvalue weighted by Gasteiger charge is 2.22. The molecule has 0 aliphatic carbocycles. The lowest BCUT2D eigenvalue weighted by Gasteiger charge is -2.05. The number of nitrogens with zero attached hydrogens (tertiary/aromatic N) is 3. The largest absolute Gasteiger partial charge is 0.344 e. The van der Waals surface area contributed by atoms with Gasteiger partial charge in [-0.2, -0.15) is 0 Å². The number of fused-ring (bicyclic) bond motifs is 6. The summed E-state index contributed by atoms with van der Waals surface area (Å²) in [5.74, 6) is 0. The molecule has 0 spiro atoms. The average Bonchev–Trinajstić information content (AvgIpc) is 3.47. The van der Waals surface area contributed by atoms with E-state index < -0.39 is 0 Å². The van der Waals surface area contributed by atoms with Crippen molar-refractivity contribution in [2.24, 2.45) is 7.05 Å². The molecule has 0 bridgehead atoms. The molecule has 4 aromatic heterocycles. The molecule has 4 heterocycles. The van der Waals surface area contributed by atoms with E-state index in [0.717, 1.165) is 0 Å². The molecular weight excluding hydrogens is 390 g/mol. The van der Waals surface area contributed by atoms with E-state index in [2.05, 4.69) is 118 Å². The number of aromatic nitrogens is 3. The van der Waals surface area contributed by atoms with Crippen LogP contribution in [0.4, 0.5) is 0 Å². The first kappa shape index (κ1) is 16.5. The number of hydrogen-bond acceptors (Lipinski definition) is 0. The van der Waals surface area contributed by atoms with Gasteiger partial charge in [0.05, 0.1) is 27.6 Å². The molecule has 32 heavy (non-hydrogen) atoms. The molecule has 0 atom stereocenters. The smallest absolute Gasteiger partial charge is 0.0792 e. The zero-order valence-corrected chi connectivity index (χ0v) is 17.6. The first-order valence-electron chi connectivity index (χ1n) is 11.0. The second-order valence-corrected chi connectivity index (χ2v) is 8.72. The molecule has 0 radical (unpaired) electrons. The number of aryl methyl sites for hydroxylation is 1. The van der Waals surface area contributed by atoms with Gasteiger partial charge in [0.15, 0.2) is 0 Å². The molecule has 3 heteroatoms. The Morgan fingerprint density at radius 1 is 0.500 bits per heavy atom. The molecule has 0 saturated heterocycles. The third kappa shape index (κ3) is 1.76. The van der Waals surface area contributed by atoms with Crippen molar-refractivity contribution < 1.29 is 0 Å². The highest BCUT2D eigenvalue weighted by atomic mass is 15.0. The van der Waals surface area contributed by atoms with Gasteiger partial charge in [0.1, 0.15) is 0 Å². The lowest BCUT2D eigenvalue weighted by atomic mass is 10.0. The molecule has 0 aliphatic rings. The predicted octanol–water partition coefficient (Wildman–Crippen LogP) is 7.27. The van der Waals surface area contributed by atoms with Crippen molar-refractivity contribution in [2.45, 2.75) is 0 Å². The van der Waals surface area contributed by atoms with Gasteiger partial charge in [0, 0.05) is 46.0 Å². The second kappa shape index (κ2) is 5.51. The topological polar surface area (TPSA) is 14.3 Å². The predicted molar refractivity (Wildman–Crippen MR) is 134 cm³/mol. The first-order chi connectivity index (χ1) is 15.8. The summed E-state index contributed by atoms with van der Waals surface area (Å²) < 4.78 is 7.16. The normalized spacial score (nSPS) is 12.5. The van der Waals surface area contributed by atoms with Gasteiger partial charge in [-0.1, -0.05) is 48.5 Å². The maximum absolute atomic E-state index is 2.49. The van der Waals surface area contributed by atoms with Gasteiger partial charge in [-0.15, -0.1) is 0 Å². The average molecular weight is 409 g/mol. The molecule has 0 unspecified atom stereocenters. The summed E-state index contributed by atoms with van der Waals surface area (Å²) in [5, 5.41) is 6.60. The van der Waals surface area contributed by atoms with Crippen LogP contribution in [0.2, 0.25) is 0 Å². The summed E-state index contributed by atoms with van der Waals surface area (Å²) in [4.78, 5) is 0. The van der Waals surface area contributed by atoms with Crippen LogP contribution in [0.3, 0.4) is 0 Å². The van der Waals surface area contributed by atoms with Crippen molar-refractivity contribution in [1.82, 2.24) is 13.5 Å². The Labute approximate surface area is 183 Å². The van der Waals surface area contributed by atoms with Gasteiger partial charge < -0.3 is 13.5 Å². The summed E-state index contributed by atoms with van der Waals surface area (Å²) in [6, 6.07) is 33.0. The van der Waals surface area contributed by atoms with E-state index in [4.69, 9.17) is 0 Å². The Kier molecular flexibility index (Phi) is 2.83. The van der Waals surface area contributed by atoms with Crippen LogP contribution in [-0.4, -0.2) is 13.5 Å². The quantitative estimate of drug-likeness (QED) is 0.271. The van der Waals surface area contributed by atoms with Crippen LogP contribution in [0.15, 0.2) is 97.2 Å². The number of benzene rings is 4. The Morgan fingerprint density at radius 2 is 1.25 bits per heavy atom. The Morgan fingerprint density at radius 3 is 2.16 bits per heavy atom. The fraction of sp³-hybridized carbons (Fsp3) is 0.0345. The molecule has 3 nitrogen and oxygen atoms in total. The zero-order valence-electron chi connectivity index (χ0n) is 17.6. The van der Waals surface area contributed by atoms with Crippen molar-refractivity contribution in [3.05, 3.63) is 97.2 Å². The molecular formula is C29H19N3. The lowest BCUT2D eigenvalue weighted by Crippen LogP contribution is -1.90. The minimum Gasteiger partial charge on any atom is -0.344 e. The molecule has 0 saturated carbocycles. The fourth-order valence-corrected chi connectivity index (χ4v) is 5.91. The number of para-hydroxylation sites is 2. The Balaban J connectivity index is 1.78. The lowest BCUT2D eigenvalue weighted by molar-refractivity contribution is 1.01. The van der Waals surface area contributed by atoms with E-state index in [-0.39, 0.29) is 0 Å². The van der Waals surface area contributed by atoms with Gasteiger partial charge in [-0.25, -0.2) is 0 Å². The first-order valence-corrected chi connectivity index (χ1v) is 11.0. The third-order valence-corrected chi connectivity index (χ3v) is 7.23. The number of rotatable bonds is 1. The molecule has 0 N–H and O–H groups in total. The van der Waals surface area contributed by atoms with E-state index in [9.17, 15) is 0 Å². The van der Waals surface area contributed by atoms with Crippen molar-refractivity contribution >= 4 is 60.0 Å². The van der Waals surface area contributed by atoms with Crippen LogP contribution in [0.5, 0.6) is 0 Å². The summed E-state index contributed by atoms with van der Waals surface area (Å²) >= 11 is 0. The fourth-order valence-electron chi connectivity index (χ4n) is 5.91. The molecule has 0 fully saturated rings. The van der Waals surface area contributed by atoms with Crippen LogP contribution < -0.4 is 0 Å². The molecule has 150 valence electrons. The van der Waals surface area contributed by atoms with Gasteiger partial charge in [-0.05, 0) is 47.9 Å². The third-order valence-electron chi connectivity index (χ3n) is 7.23. The maximum atomic E-state index is 2.49. The monoisotopic (exact) mass is 409 g/mol. The van der Waals surface area contributed by atoms with Gasteiger partial charge in [-0.3, -0.25) is 0 Å². The minimum atomic E-state index is 1.19. The molecule has 0 aliphatic heterocycles. The highest BCUT2D eigenvalue weighted by molar-refractivity contribution is 6.32. The molecule has 0 amide bonds. The molecule has 4 aromatic carbocycles. The van der Waals surface area contributed by atoms with Crippen LogP contribution in [-0.2, 0) is 7.05 Å². The van der Waals surface area contributed by atoms with Gasteiger partial charge >= 0.3 is 0 Å². The van der Waals surface area contributed by atoms with E-state index in [1.54, 1.807) is 0 Å². The SMILES string of the molecule is Cn1c2cccc3c4ccccc4n4c5ccn(-c6ccccc6)c5c5ccc1c(c32)c54. The van der Waals surface area contributed by atoms with Crippen molar-refractivity contribution in [3.8, 4) is 5.69 Å². The van der Waals surface area contributed by atoms with Crippen molar-refractivity contribution in [3.63, 3.8) is 0 Å². The minimum absolute atomic E-state index is 1.19. The van der Waals surface area contributed by atoms with Crippen LogP contribution in [0, 0.1) is 0 Å². The highest BCUT2D eigenvalue weighted by Crippen LogP contribution is 2.44. The Hall–Kier alpha value is -4.24. The summed E-state index contributed by atoms with van der Waals surface area (Å²) in [6.07, 6.45) is 2.20. The summed E-state index contributed by atoms with van der Waals surface area (Å²) in [6.45, 7) is 0. The van der Waals surface area contributed by atoms with Gasteiger partial charge in [0.2, 0.25) is 0 Å². The maximum Gasteiger partial charge on any atom is 0.0792 e. The van der Waals surface area contributed by atoms with Crippen LogP contribution in [0.25, 0.3) is 65.7 Å². The summed E-state index contributed by atoms with van der Waals surface area (Å²) in [7, 11) is 2.19. The summed E-state index contributed by atoms with van der Waals surface area (Å²) in [5.41, 5.74) is 8.81. The zero-order chi connectivity index (χ0) is 21.0. The second-order valence-electron chi connectivity index (χ2n) is 8.72. The van der Waals surface area contributed by atoms with E-state index in [1.807, 2.05) is 0 Å². The molecule has 8 rings (SSSR count). The van der Waals surface area contributed by atoms with Gasteiger partial charge in [0.25, 0.3) is 0 Å². The van der Waals surface area contributed by atoms with Crippen molar-refractivity contribution in [1.29, 1.82) is 0 Å². The van der Waals surface area contributed by atoms with Crippen molar-refractivity contribution in [2.75, 3.05) is 0 Å². The van der Waals surface area contributed by atoms with Crippen LogP contribution >= 0.6 is 0 Å². The van der Waals surface area contributed by atoms with E-state index in [0.29, 0.717) is 0 Å². The van der Waals surface area contributed by atoms with E-state index in [1.165, 1.54) is 65.7 Å². The Bertz CT molecular complexity index is 1980. The molecule has 8 aromatic rings. The van der Waals surface area contributed by atoms with Crippen LogP contribution in [0.1, 0.15) is 0 Å².